The summed E-state index contributed by atoms with van der Waals surface area (Å²) < 4.78 is 0. The lowest BCUT2D eigenvalue weighted by Crippen LogP contribution is -2.35. The van der Waals surface area contributed by atoms with E-state index in [1.807, 2.05) is 6.07 Å². The molecule has 1 rings (SSSR count). The molecule has 0 unspecified atom stereocenters. The topological polar surface area (TPSA) is 52.9 Å². The largest absolute Gasteiger partial charge is 0.343 e. The normalized spacial score (nSPS) is 25.9. The smallest absolute Gasteiger partial charge is 0.223 e. The predicted octanol–water partition coefficient (Wildman–Crippen LogP) is 2.48. The highest BCUT2D eigenvalue weighted by molar-refractivity contribution is 5.78. The van der Waals surface area contributed by atoms with Gasteiger partial charge in [0.2, 0.25) is 5.91 Å². The van der Waals surface area contributed by atoms with Crippen molar-refractivity contribution in [3.63, 3.8) is 0 Å². The molecule has 0 saturated heterocycles. The number of nitrogens with zero attached hydrogens (tertiary/aromatic N) is 1. The molecule has 1 saturated carbocycles. The van der Waals surface area contributed by atoms with E-state index in [0.29, 0.717) is 5.41 Å². The second-order valence-electron chi connectivity index (χ2n) is 5.79. The van der Waals surface area contributed by atoms with Crippen LogP contribution in [0.3, 0.4) is 0 Å². The first-order valence-electron chi connectivity index (χ1n) is 6.10. The summed E-state index contributed by atoms with van der Waals surface area (Å²) in [6.45, 7) is 6.95. The van der Waals surface area contributed by atoms with E-state index in [1.165, 1.54) is 0 Å². The van der Waals surface area contributed by atoms with Crippen molar-refractivity contribution in [1.29, 1.82) is 5.26 Å². The first kappa shape index (κ1) is 13.0. The van der Waals surface area contributed by atoms with Crippen molar-refractivity contribution in [2.75, 3.05) is 6.54 Å². The van der Waals surface area contributed by atoms with E-state index < -0.39 is 0 Å². The molecular formula is C13H22N2O. The molecule has 0 bridgehead atoms. The molecule has 3 heteroatoms. The Balaban J connectivity index is 2.38. The van der Waals surface area contributed by atoms with Gasteiger partial charge in [0.05, 0.1) is 6.07 Å². The highest BCUT2D eigenvalue weighted by atomic mass is 16.1. The number of carbonyl (C=O) groups is 1. The molecule has 1 N–H and O–H groups in total. The number of amides is 1. The highest BCUT2D eigenvalue weighted by Gasteiger charge is 2.32. The maximum atomic E-state index is 11.7. The van der Waals surface area contributed by atoms with Gasteiger partial charge in [-0.1, -0.05) is 20.8 Å². The standard InChI is InChI=1S/C13H22N2O/c1-13(2,3)11-6-4-10(5-7-11)12(16)15-9-8-14/h10-11H,4-7,9H2,1-3H3,(H,15,16). The summed E-state index contributed by atoms with van der Waals surface area (Å²) >= 11 is 0. The molecule has 1 amide bonds. The average Bonchev–Trinajstić information content (AvgIpc) is 2.25. The van der Waals surface area contributed by atoms with Crippen molar-refractivity contribution in [3.8, 4) is 6.07 Å². The van der Waals surface area contributed by atoms with Crippen LogP contribution in [-0.2, 0) is 4.79 Å². The molecule has 3 nitrogen and oxygen atoms in total. The minimum absolute atomic E-state index is 0.0638. The van der Waals surface area contributed by atoms with Gasteiger partial charge in [-0.2, -0.15) is 5.26 Å². The van der Waals surface area contributed by atoms with Gasteiger partial charge in [-0.05, 0) is 37.0 Å². The molecule has 0 atom stereocenters. The van der Waals surface area contributed by atoms with E-state index in [9.17, 15) is 4.79 Å². The van der Waals surface area contributed by atoms with Crippen molar-refractivity contribution >= 4 is 5.91 Å². The Morgan fingerprint density at radius 3 is 2.31 bits per heavy atom. The molecule has 0 radical (unpaired) electrons. The molecule has 16 heavy (non-hydrogen) atoms. The lowest BCUT2D eigenvalue weighted by atomic mass is 9.70. The lowest BCUT2D eigenvalue weighted by molar-refractivity contribution is -0.126. The summed E-state index contributed by atoms with van der Waals surface area (Å²) in [6.07, 6.45) is 4.21. The van der Waals surface area contributed by atoms with Crippen molar-refractivity contribution in [2.24, 2.45) is 17.3 Å². The zero-order valence-electron chi connectivity index (χ0n) is 10.5. The van der Waals surface area contributed by atoms with Gasteiger partial charge in [0.1, 0.15) is 6.54 Å². The third-order valence-electron chi connectivity index (χ3n) is 3.66. The van der Waals surface area contributed by atoms with Gasteiger partial charge in [0, 0.05) is 5.92 Å². The summed E-state index contributed by atoms with van der Waals surface area (Å²) in [5.41, 5.74) is 0.355. The van der Waals surface area contributed by atoms with Gasteiger partial charge in [-0.3, -0.25) is 4.79 Å². The molecule has 1 aliphatic carbocycles. The predicted molar refractivity (Wildman–Crippen MR) is 63.5 cm³/mol. The second-order valence-corrected chi connectivity index (χ2v) is 5.79. The van der Waals surface area contributed by atoms with E-state index in [0.717, 1.165) is 31.6 Å². The van der Waals surface area contributed by atoms with Gasteiger partial charge in [0.25, 0.3) is 0 Å². The average molecular weight is 222 g/mol. The SMILES string of the molecule is CC(C)(C)C1CCC(C(=O)NCC#N)CC1. The Bertz CT molecular complexity index is 277. The summed E-state index contributed by atoms with van der Waals surface area (Å²) in [5, 5.41) is 11.1. The van der Waals surface area contributed by atoms with Gasteiger partial charge in [0.15, 0.2) is 0 Å². The van der Waals surface area contributed by atoms with E-state index in [2.05, 4.69) is 26.1 Å². The van der Waals surface area contributed by atoms with Crippen LogP contribution in [0.5, 0.6) is 0 Å². The molecule has 0 aromatic rings. The van der Waals surface area contributed by atoms with Crippen molar-refractivity contribution in [1.82, 2.24) is 5.32 Å². The monoisotopic (exact) mass is 222 g/mol. The summed E-state index contributed by atoms with van der Waals surface area (Å²) in [5.74, 6) is 0.924. The number of rotatable bonds is 2. The van der Waals surface area contributed by atoms with Crippen molar-refractivity contribution in [3.05, 3.63) is 0 Å². The number of hydrogen-bond donors (Lipinski definition) is 1. The third kappa shape index (κ3) is 3.52. The van der Waals surface area contributed by atoms with E-state index in [4.69, 9.17) is 5.26 Å². The van der Waals surface area contributed by atoms with Gasteiger partial charge in [-0.15, -0.1) is 0 Å². The first-order chi connectivity index (χ1) is 7.45. The zero-order chi connectivity index (χ0) is 12.2. The van der Waals surface area contributed by atoms with Crippen LogP contribution < -0.4 is 5.32 Å². The van der Waals surface area contributed by atoms with Crippen molar-refractivity contribution < 1.29 is 4.79 Å². The molecular weight excluding hydrogens is 200 g/mol. The fraction of sp³-hybridized carbons (Fsp3) is 0.846. The Hall–Kier alpha value is -1.04. The number of nitrogens with one attached hydrogen (secondary N) is 1. The zero-order valence-corrected chi connectivity index (χ0v) is 10.5. The molecule has 90 valence electrons. The summed E-state index contributed by atoms with van der Waals surface area (Å²) in [4.78, 5) is 11.7. The minimum atomic E-state index is 0.0638. The first-order valence-corrected chi connectivity index (χ1v) is 6.10. The molecule has 0 aromatic heterocycles. The fourth-order valence-corrected chi connectivity index (χ4v) is 2.49. The van der Waals surface area contributed by atoms with Crippen LogP contribution in [0.1, 0.15) is 46.5 Å². The van der Waals surface area contributed by atoms with Crippen LogP contribution in [0.15, 0.2) is 0 Å². The molecule has 0 aliphatic heterocycles. The Kier molecular flexibility index (Phi) is 4.35. The Morgan fingerprint density at radius 1 is 1.31 bits per heavy atom. The van der Waals surface area contributed by atoms with Crippen LogP contribution in [-0.4, -0.2) is 12.5 Å². The van der Waals surface area contributed by atoms with E-state index in [-0.39, 0.29) is 18.4 Å². The van der Waals surface area contributed by atoms with Gasteiger partial charge >= 0.3 is 0 Å². The maximum Gasteiger partial charge on any atom is 0.223 e. The van der Waals surface area contributed by atoms with Crippen LogP contribution in [0.2, 0.25) is 0 Å². The number of hydrogen-bond acceptors (Lipinski definition) is 2. The van der Waals surface area contributed by atoms with Gasteiger partial charge < -0.3 is 5.32 Å². The minimum Gasteiger partial charge on any atom is -0.343 e. The fourth-order valence-electron chi connectivity index (χ4n) is 2.49. The summed E-state index contributed by atoms with van der Waals surface area (Å²) in [7, 11) is 0. The maximum absolute atomic E-state index is 11.7. The number of nitriles is 1. The van der Waals surface area contributed by atoms with E-state index >= 15 is 0 Å². The van der Waals surface area contributed by atoms with Crippen LogP contribution in [0.25, 0.3) is 0 Å². The molecule has 0 heterocycles. The second kappa shape index (κ2) is 5.34. The quantitative estimate of drug-likeness (QED) is 0.730. The van der Waals surface area contributed by atoms with E-state index in [1.54, 1.807) is 0 Å². The lowest BCUT2D eigenvalue weighted by Gasteiger charge is -2.36. The molecule has 1 aliphatic rings. The van der Waals surface area contributed by atoms with Crippen LogP contribution in [0.4, 0.5) is 0 Å². The molecule has 0 spiro atoms. The molecule has 1 fully saturated rings. The van der Waals surface area contributed by atoms with Crippen molar-refractivity contribution in [2.45, 2.75) is 46.5 Å². The number of carbonyl (C=O) groups excluding carboxylic acids is 1. The Morgan fingerprint density at radius 2 is 1.88 bits per heavy atom. The Labute approximate surface area is 98.2 Å². The van der Waals surface area contributed by atoms with Gasteiger partial charge in [-0.25, -0.2) is 0 Å². The third-order valence-corrected chi connectivity index (χ3v) is 3.66. The summed E-state index contributed by atoms with van der Waals surface area (Å²) in [6, 6.07) is 1.94. The van der Waals surface area contributed by atoms with Crippen LogP contribution >= 0.6 is 0 Å². The molecule has 0 aromatic carbocycles. The highest BCUT2D eigenvalue weighted by Crippen LogP contribution is 2.39. The van der Waals surface area contributed by atoms with Crippen LogP contribution in [0, 0.1) is 28.6 Å².